The average molecular weight is 250 g/mol. The summed E-state index contributed by atoms with van der Waals surface area (Å²) in [5.41, 5.74) is 0. The van der Waals surface area contributed by atoms with Gasteiger partial charge in [-0.3, -0.25) is 0 Å². The Kier molecular flexibility index (Phi) is 15.2. The fourth-order valence-electron chi connectivity index (χ4n) is 1.57. The molecule has 0 bridgehead atoms. The number of hydrogen-bond donors (Lipinski definition) is 2. The topological polar surface area (TPSA) is 40.5 Å². The van der Waals surface area contributed by atoms with Crippen LogP contribution in [0.15, 0.2) is 0 Å². The fraction of sp³-hybridized carbons (Fsp3) is 0.750. The quantitative estimate of drug-likeness (QED) is 0.462. The lowest BCUT2D eigenvalue weighted by Crippen LogP contribution is -1.82. The van der Waals surface area contributed by atoms with Gasteiger partial charge in [0.2, 0.25) is 0 Å². The third-order valence-electron chi connectivity index (χ3n) is 2.66. The standard InChI is InChI=1S/C16H26O2/c17-15-13-11-9-7-5-3-1-2-4-6-8-10-12-14-16-18/h17-18H,5-16H2. The predicted molar refractivity (Wildman–Crippen MR) is 75.9 cm³/mol. The lowest BCUT2D eigenvalue weighted by molar-refractivity contribution is 0.282. The van der Waals surface area contributed by atoms with Gasteiger partial charge < -0.3 is 10.2 Å². The first-order valence-corrected chi connectivity index (χ1v) is 7.09. The van der Waals surface area contributed by atoms with E-state index < -0.39 is 0 Å². The van der Waals surface area contributed by atoms with Crippen molar-refractivity contribution in [2.45, 2.75) is 64.2 Å². The summed E-state index contributed by atoms with van der Waals surface area (Å²) >= 11 is 0. The summed E-state index contributed by atoms with van der Waals surface area (Å²) in [5.74, 6) is 11.9. The van der Waals surface area contributed by atoms with E-state index in [1.54, 1.807) is 0 Å². The van der Waals surface area contributed by atoms with Crippen LogP contribution in [-0.2, 0) is 0 Å². The predicted octanol–water partition coefficient (Wildman–Crippen LogP) is 2.88. The Morgan fingerprint density at radius 3 is 1.28 bits per heavy atom. The molecule has 0 amide bonds. The number of hydrogen-bond acceptors (Lipinski definition) is 2. The van der Waals surface area contributed by atoms with Gasteiger partial charge in [0.15, 0.2) is 0 Å². The maximum atomic E-state index is 8.60. The van der Waals surface area contributed by atoms with Gasteiger partial charge in [-0.2, -0.15) is 0 Å². The number of aliphatic hydroxyl groups is 2. The molecular formula is C16H26O2. The minimum atomic E-state index is 0.301. The first-order valence-electron chi connectivity index (χ1n) is 7.09. The molecule has 0 aliphatic carbocycles. The Morgan fingerprint density at radius 2 is 0.889 bits per heavy atom. The van der Waals surface area contributed by atoms with Gasteiger partial charge in [-0.1, -0.05) is 37.5 Å². The monoisotopic (exact) mass is 250 g/mol. The van der Waals surface area contributed by atoms with Crippen LogP contribution in [0.3, 0.4) is 0 Å². The molecule has 0 heterocycles. The second-order valence-electron chi connectivity index (χ2n) is 4.38. The molecule has 0 aliphatic rings. The normalized spacial score (nSPS) is 9.22. The molecule has 0 saturated heterocycles. The first-order chi connectivity index (χ1) is 8.91. The van der Waals surface area contributed by atoms with Gasteiger partial charge in [-0.05, 0) is 37.5 Å². The molecule has 0 unspecified atom stereocenters. The van der Waals surface area contributed by atoms with E-state index in [1.807, 2.05) is 0 Å². The van der Waals surface area contributed by atoms with Crippen LogP contribution in [0.4, 0.5) is 0 Å². The zero-order valence-corrected chi connectivity index (χ0v) is 11.4. The van der Waals surface area contributed by atoms with Gasteiger partial charge in [0, 0.05) is 26.1 Å². The highest BCUT2D eigenvalue weighted by Crippen LogP contribution is 2.02. The summed E-state index contributed by atoms with van der Waals surface area (Å²) in [4.78, 5) is 0. The van der Waals surface area contributed by atoms with Crippen molar-refractivity contribution in [2.24, 2.45) is 0 Å². The Balaban J connectivity index is 3.26. The van der Waals surface area contributed by atoms with Gasteiger partial charge in [-0.15, -0.1) is 0 Å². The SMILES string of the molecule is OCCCCCCC#CC#CCCCCCCO. The highest BCUT2D eigenvalue weighted by atomic mass is 16.3. The molecule has 0 radical (unpaired) electrons. The molecule has 0 aromatic heterocycles. The highest BCUT2D eigenvalue weighted by molar-refractivity contribution is 5.25. The van der Waals surface area contributed by atoms with E-state index in [0.29, 0.717) is 13.2 Å². The largest absolute Gasteiger partial charge is 0.396 e. The van der Waals surface area contributed by atoms with Crippen LogP contribution in [0.25, 0.3) is 0 Å². The lowest BCUT2D eigenvalue weighted by Gasteiger charge is -1.94. The molecule has 2 N–H and O–H groups in total. The Bertz CT molecular complexity index is 245. The molecule has 18 heavy (non-hydrogen) atoms. The van der Waals surface area contributed by atoms with Crippen LogP contribution in [0.5, 0.6) is 0 Å². The van der Waals surface area contributed by atoms with Crippen molar-refractivity contribution >= 4 is 0 Å². The maximum absolute atomic E-state index is 8.60. The first kappa shape index (κ1) is 17.0. The summed E-state index contributed by atoms with van der Waals surface area (Å²) in [6.45, 7) is 0.602. The molecule has 2 heteroatoms. The summed E-state index contributed by atoms with van der Waals surface area (Å²) in [6, 6.07) is 0. The third kappa shape index (κ3) is 15.0. The molecule has 2 nitrogen and oxygen atoms in total. The molecule has 0 aromatic carbocycles. The van der Waals surface area contributed by atoms with Crippen LogP contribution in [0.1, 0.15) is 64.2 Å². The molecule has 0 fully saturated rings. The Labute approximate surface area is 112 Å². The van der Waals surface area contributed by atoms with Crippen molar-refractivity contribution in [3.63, 3.8) is 0 Å². The van der Waals surface area contributed by atoms with E-state index in [4.69, 9.17) is 10.2 Å². The van der Waals surface area contributed by atoms with Gasteiger partial charge >= 0.3 is 0 Å². The molecule has 0 saturated carbocycles. The van der Waals surface area contributed by atoms with Crippen molar-refractivity contribution in [1.29, 1.82) is 0 Å². The van der Waals surface area contributed by atoms with Crippen LogP contribution in [-0.4, -0.2) is 23.4 Å². The van der Waals surface area contributed by atoms with E-state index in [9.17, 15) is 0 Å². The molecular weight excluding hydrogens is 224 g/mol. The summed E-state index contributed by atoms with van der Waals surface area (Å²) < 4.78 is 0. The zero-order chi connectivity index (χ0) is 13.3. The molecule has 0 spiro atoms. The smallest absolute Gasteiger partial charge is 0.0431 e. The summed E-state index contributed by atoms with van der Waals surface area (Å²) in [7, 11) is 0. The zero-order valence-electron chi connectivity index (χ0n) is 11.4. The minimum absolute atomic E-state index is 0.301. The molecule has 0 atom stereocenters. The van der Waals surface area contributed by atoms with E-state index in [-0.39, 0.29) is 0 Å². The number of aliphatic hydroxyl groups excluding tert-OH is 2. The maximum Gasteiger partial charge on any atom is 0.0431 e. The minimum Gasteiger partial charge on any atom is -0.396 e. The summed E-state index contributed by atoms with van der Waals surface area (Å²) in [6.07, 6.45) is 10.3. The van der Waals surface area contributed by atoms with Gasteiger partial charge in [0.1, 0.15) is 0 Å². The number of rotatable bonds is 10. The van der Waals surface area contributed by atoms with E-state index in [0.717, 1.165) is 64.2 Å². The molecule has 102 valence electrons. The second kappa shape index (κ2) is 16.0. The third-order valence-corrected chi connectivity index (χ3v) is 2.66. The Hall–Kier alpha value is -0.960. The van der Waals surface area contributed by atoms with Crippen LogP contribution < -0.4 is 0 Å². The molecule has 0 aliphatic heterocycles. The molecule has 0 aromatic rings. The van der Waals surface area contributed by atoms with E-state index in [2.05, 4.69) is 23.7 Å². The van der Waals surface area contributed by atoms with Crippen LogP contribution in [0, 0.1) is 23.7 Å². The van der Waals surface area contributed by atoms with E-state index >= 15 is 0 Å². The van der Waals surface area contributed by atoms with Crippen LogP contribution >= 0.6 is 0 Å². The fourth-order valence-corrected chi connectivity index (χ4v) is 1.57. The highest BCUT2D eigenvalue weighted by Gasteiger charge is 1.87. The second-order valence-corrected chi connectivity index (χ2v) is 4.38. The number of unbranched alkanes of at least 4 members (excludes halogenated alkanes) is 8. The van der Waals surface area contributed by atoms with Gasteiger partial charge in [0.25, 0.3) is 0 Å². The molecule has 0 rings (SSSR count). The van der Waals surface area contributed by atoms with Crippen molar-refractivity contribution in [2.75, 3.05) is 13.2 Å². The van der Waals surface area contributed by atoms with Gasteiger partial charge in [0.05, 0.1) is 0 Å². The van der Waals surface area contributed by atoms with Crippen molar-refractivity contribution < 1.29 is 10.2 Å². The van der Waals surface area contributed by atoms with Crippen molar-refractivity contribution in [3.8, 4) is 23.7 Å². The van der Waals surface area contributed by atoms with Gasteiger partial charge in [-0.25, -0.2) is 0 Å². The lowest BCUT2D eigenvalue weighted by atomic mass is 10.1. The Morgan fingerprint density at radius 1 is 0.500 bits per heavy atom. The van der Waals surface area contributed by atoms with E-state index in [1.165, 1.54) is 0 Å². The summed E-state index contributed by atoms with van der Waals surface area (Å²) in [5, 5.41) is 17.2. The average Bonchev–Trinajstić information content (AvgIpc) is 2.39. The van der Waals surface area contributed by atoms with Crippen molar-refractivity contribution in [3.05, 3.63) is 0 Å². The van der Waals surface area contributed by atoms with Crippen molar-refractivity contribution in [1.82, 2.24) is 0 Å². The van der Waals surface area contributed by atoms with Crippen LogP contribution in [0.2, 0.25) is 0 Å².